The molecule has 0 radical (unpaired) electrons. The van der Waals surface area contributed by atoms with Crippen molar-refractivity contribution in [1.29, 1.82) is 0 Å². The van der Waals surface area contributed by atoms with Crippen molar-refractivity contribution in [1.82, 2.24) is 20.1 Å². The monoisotopic (exact) mass is 551 g/mol. The highest BCUT2D eigenvalue weighted by Gasteiger charge is 2.18. The lowest BCUT2D eigenvalue weighted by Crippen LogP contribution is -2.25. The molecule has 0 aliphatic rings. The zero-order chi connectivity index (χ0) is 27.9. The molecule has 2 amide bonds. The third-order valence-corrected chi connectivity index (χ3v) is 7.11. The van der Waals surface area contributed by atoms with Gasteiger partial charge in [0.25, 0.3) is 5.91 Å². The maximum atomic E-state index is 13.2. The van der Waals surface area contributed by atoms with Gasteiger partial charge in [0.05, 0.1) is 18.9 Å². The van der Waals surface area contributed by atoms with Crippen LogP contribution in [0.25, 0.3) is 16.5 Å². The third-order valence-electron chi connectivity index (χ3n) is 6.18. The Bertz CT molecular complexity index is 1640. The fourth-order valence-corrected chi connectivity index (χ4v) is 5.11. The number of ether oxygens (including phenoxy) is 1. The molecule has 9 heteroatoms. The Labute approximate surface area is 236 Å². The van der Waals surface area contributed by atoms with Crippen molar-refractivity contribution in [2.75, 3.05) is 17.7 Å². The maximum Gasteiger partial charge on any atom is 0.252 e. The van der Waals surface area contributed by atoms with Crippen LogP contribution in [0, 0.1) is 6.92 Å². The number of carbonyl (C=O) groups is 2. The summed E-state index contributed by atoms with van der Waals surface area (Å²) in [6.45, 7) is 4.68. The molecule has 1 aromatic heterocycles. The lowest BCUT2D eigenvalue weighted by molar-refractivity contribution is -0.113. The van der Waals surface area contributed by atoms with E-state index in [0.717, 1.165) is 27.8 Å². The molecule has 0 saturated carbocycles. The van der Waals surface area contributed by atoms with Crippen molar-refractivity contribution in [3.8, 4) is 11.4 Å². The standard InChI is InChI=1S/C31H29N5O3S/c1-3-39-25-16-14-23(15-17-25)33-29(37)20-40-31-35-34-28(36(31)24-11-6-8-21(2)18-24)19-32-30(38)27-13-7-10-22-9-4-5-12-26(22)27/h4-18H,3,19-20H2,1-2H3,(H,32,38)(H,33,37). The van der Waals surface area contributed by atoms with Crippen LogP contribution in [0.15, 0.2) is 96.2 Å². The molecule has 4 aromatic carbocycles. The number of benzene rings is 4. The lowest BCUT2D eigenvalue weighted by Gasteiger charge is -2.12. The Balaban J connectivity index is 1.31. The predicted molar refractivity (Wildman–Crippen MR) is 158 cm³/mol. The first-order valence-corrected chi connectivity index (χ1v) is 13.9. The molecule has 1 heterocycles. The van der Waals surface area contributed by atoms with E-state index < -0.39 is 0 Å². The minimum Gasteiger partial charge on any atom is -0.494 e. The molecule has 0 spiro atoms. The van der Waals surface area contributed by atoms with Gasteiger partial charge in [-0.25, -0.2) is 0 Å². The van der Waals surface area contributed by atoms with Crippen molar-refractivity contribution in [2.45, 2.75) is 25.5 Å². The highest BCUT2D eigenvalue weighted by molar-refractivity contribution is 7.99. The molecule has 0 aliphatic carbocycles. The Morgan fingerprint density at radius 1 is 0.925 bits per heavy atom. The quantitative estimate of drug-likeness (QED) is 0.213. The van der Waals surface area contributed by atoms with Crippen molar-refractivity contribution in [3.05, 3.63) is 108 Å². The molecular formula is C31H29N5O3S. The Morgan fingerprint density at radius 2 is 1.70 bits per heavy atom. The summed E-state index contributed by atoms with van der Waals surface area (Å²) in [6, 6.07) is 28.6. The summed E-state index contributed by atoms with van der Waals surface area (Å²) in [4.78, 5) is 25.9. The van der Waals surface area contributed by atoms with Gasteiger partial charge in [0, 0.05) is 16.9 Å². The summed E-state index contributed by atoms with van der Waals surface area (Å²) in [5.41, 5.74) is 3.21. The molecule has 0 atom stereocenters. The summed E-state index contributed by atoms with van der Waals surface area (Å²) in [5.74, 6) is 1.09. The van der Waals surface area contributed by atoms with Gasteiger partial charge in [-0.05, 0) is 72.6 Å². The highest BCUT2D eigenvalue weighted by atomic mass is 32.2. The van der Waals surface area contributed by atoms with Gasteiger partial charge in [-0.1, -0.05) is 60.3 Å². The number of fused-ring (bicyclic) bond motifs is 1. The zero-order valence-corrected chi connectivity index (χ0v) is 23.1. The average molecular weight is 552 g/mol. The molecule has 40 heavy (non-hydrogen) atoms. The van der Waals surface area contributed by atoms with Gasteiger partial charge in [-0.2, -0.15) is 0 Å². The number of hydrogen-bond donors (Lipinski definition) is 2. The minimum atomic E-state index is -0.195. The van der Waals surface area contributed by atoms with Crippen LogP contribution in [0.4, 0.5) is 5.69 Å². The number of aryl methyl sites for hydroxylation is 1. The second-order valence-electron chi connectivity index (χ2n) is 9.08. The average Bonchev–Trinajstić information content (AvgIpc) is 3.38. The van der Waals surface area contributed by atoms with Crippen molar-refractivity contribution >= 4 is 40.0 Å². The Hall–Kier alpha value is -4.63. The fraction of sp³-hybridized carbons (Fsp3) is 0.161. The number of amides is 2. The van der Waals surface area contributed by atoms with Crippen LogP contribution in [0.5, 0.6) is 5.75 Å². The molecule has 0 saturated heterocycles. The second kappa shape index (κ2) is 12.5. The number of carbonyl (C=O) groups excluding carboxylic acids is 2. The number of anilines is 1. The fourth-order valence-electron chi connectivity index (χ4n) is 4.34. The van der Waals surface area contributed by atoms with Gasteiger partial charge in [-0.3, -0.25) is 14.2 Å². The summed E-state index contributed by atoms with van der Waals surface area (Å²) < 4.78 is 7.33. The van der Waals surface area contributed by atoms with Crippen LogP contribution in [-0.4, -0.2) is 38.9 Å². The maximum absolute atomic E-state index is 13.2. The minimum absolute atomic E-state index is 0.138. The van der Waals surface area contributed by atoms with Crippen molar-refractivity contribution < 1.29 is 14.3 Å². The van der Waals surface area contributed by atoms with Gasteiger partial charge in [0.1, 0.15) is 5.75 Å². The molecule has 5 aromatic rings. The number of rotatable bonds is 10. The van der Waals surface area contributed by atoms with E-state index in [1.165, 1.54) is 11.8 Å². The van der Waals surface area contributed by atoms with E-state index in [-0.39, 0.29) is 24.1 Å². The van der Waals surface area contributed by atoms with E-state index in [2.05, 4.69) is 20.8 Å². The first-order chi connectivity index (χ1) is 19.5. The van der Waals surface area contributed by atoms with Crippen molar-refractivity contribution in [3.63, 3.8) is 0 Å². The highest BCUT2D eigenvalue weighted by Crippen LogP contribution is 2.24. The predicted octanol–water partition coefficient (Wildman–Crippen LogP) is 5.79. The van der Waals surface area contributed by atoms with Gasteiger partial charge >= 0.3 is 0 Å². The number of thioether (sulfide) groups is 1. The van der Waals surface area contributed by atoms with Crippen LogP contribution in [0.2, 0.25) is 0 Å². The van der Waals surface area contributed by atoms with Crippen LogP contribution in [0.1, 0.15) is 28.7 Å². The van der Waals surface area contributed by atoms with E-state index in [9.17, 15) is 9.59 Å². The SMILES string of the molecule is CCOc1ccc(NC(=O)CSc2nnc(CNC(=O)c3cccc4ccccc34)n2-c2cccc(C)c2)cc1. The van der Waals surface area contributed by atoms with Crippen LogP contribution >= 0.6 is 11.8 Å². The molecule has 5 rings (SSSR count). The van der Waals surface area contributed by atoms with E-state index in [4.69, 9.17) is 4.74 Å². The molecule has 0 unspecified atom stereocenters. The molecule has 202 valence electrons. The van der Waals surface area contributed by atoms with Crippen molar-refractivity contribution in [2.24, 2.45) is 0 Å². The summed E-state index contributed by atoms with van der Waals surface area (Å²) in [7, 11) is 0. The molecular weight excluding hydrogens is 522 g/mol. The molecule has 0 aliphatic heterocycles. The number of aromatic nitrogens is 3. The van der Waals surface area contributed by atoms with Crippen LogP contribution in [-0.2, 0) is 11.3 Å². The first kappa shape index (κ1) is 27.0. The van der Waals surface area contributed by atoms with Crippen LogP contribution < -0.4 is 15.4 Å². The van der Waals surface area contributed by atoms with E-state index in [0.29, 0.717) is 28.8 Å². The molecule has 0 bridgehead atoms. The largest absolute Gasteiger partial charge is 0.494 e. The van der Waals surface area contributed by atoms with Gasteiger partial charge in [-0.15, -0.1) is 10.2 Å². The number of hydrogen-bond acceptors (Lipinski definition) is 6. The summed E-state index contributed by atoms with van der Waals surface area (Å²) in [6.07, 6.45) is 0. The van der Waals surface area contributed by atoms with Crippen LogP contribution in [0.3, 0.4) is 0 Å². The second-order valence-corrected chi connectivity index (χ2v) is 10.0. The van der Waals surface area contributed by atoms with E-state index >= 15 is 0 Å². The lowest BCUT2D eigenvalue weighted by atomic mass is 10.0. The smallest absolute Gasteiger partial charge is 0.252 e. The Kier molecular flexibility index (Phi) is 8.41. The molecule has 2 N–H and O–H groups in total. The van der Waals surface area contributed by atoms with Gasteiger partial charge < -0.3 is 15.4 Å². The van der Waals surface area contributed by atoms with Gasteiger partial charge in [0.15, 0.2) is 11.0 Å². The normalized spacial score (nSPS) is 10.8. The van der Waals surface area contributed by atoms with E-state index in [1.54, 1.807) is 12.1 Å². The van der Waals surface area contributed by atoms with Gasteiger partial charge in [0.2, 0.25) is 5.91 Å². The first-order valence-electron chi connectivity index (χ1n) is 12.9. The summed E-state index contributed by atoms with van der Waals surface area (Å²) >= 11 is 1.28. The summed E-state index contributed by atoms with van der Waals surface area (Å²) in [5, 5.41) is 17.1. The Morgan fingerprint density at radius 3 is 2.50 bits per heavy atom. The molecule has 8 nitrogen and oxygen atoms in total. The van der Waals surface area contributed by atoms with E-state index in [1.807, 2.05) is 97.3 Å². The zero-order valence-electron chi connectivity index (χ0n) is 22.3. The number of nitrogens with zero attached hydrogens (tertiary/aromatic N) is 3. The molecule has 0 fully saturated rings. The third kappa shape index (κ3) is 6.32. The topological polar surface area (TPSA) is 98.1 Å². The number of nitrogens with one attached hydrogen (secondary N) is 2.